The van der Waals surface area contributed by atoms with Crippen LogP contribution in [-0.4, -0.2) is 46.5 Å². The first-order valence-electron chi connectivity index (χ1n) is 8.43. The van der Waals surface area contributed by atoms with E-state index in [9.17, 15) is 10.1 Å². The number of nitrogens with one attached hydrogen (secondary N) is 2. The Bertz CT molecular complexity index is 760. The Hall–Kier alpha value is -3.08. The van der Waals surface area contributed by atoms with Crippen LogP contribution in [0.4, 0.5) is 5.82 Å². The SMILES string of the molecule is C#CC1CCC(C#N)N1C(=O)CNC(C)(C)CNc1ncccc1C#N. The van der Waals surface area contributed by atoms with Gasteiger partial charge in [-0.25, -0.2) is 4.98 Å². The fourth-order valence-corrected chi connectivity index (χ4v) is 2.86. The zero-order valence-corrected chi connectivity index (χ0v) is 15.0. The number of hydrogen-bond acceptors (Lipinski definition) is 6. The predicted molar refractivity (Wildman–Crippen MR) is 97.6 cm³/mol. The van der Waals surface area contributed by atoms with Gasteiger partial charge in [-0.2, -0.15) is 10.5 Å². The first-order valence-corrected chi connectivity index (χ1v) is 8.43. The predicted octanol–water partition coefficient (Wildman–Crippen LogP) is 1.25. The number of rotatable bonds is 6. The molecular formula is C19H22N6O. The number of amides is 1. The normalized spacial score (nSPS) is 19.3. The molecule has 1 aromatic heterocycles. The second-order valence-electron chi connectivity index (χ2n) is 6.81. The molecule has 0 saturated carbocycles. The van der Waals surface area contributed by atoms with Gasteiger partial charge in [0, 0.05) is 18.3 Å². The first-order chi connectivity index (χ1) is 12.4. The van der Waals surface area contributed by atoms with Gasteiger partial charge in [-0.1, -0.05) is 5.92 Å². The molecule has 1 fully saturated rings. The molecule has 1 amide bonds. The van der Waals surface area contributed by atoms with E-state index in [-0.39, 0.29) is 18.5 Å². The molecule has 0 bridgehead atoms. The number of carbonyl (C=O) groups excluding carboxylic acids is 1. The van der Waals surface area contributed by atoms with Crippen LogP contribution < -0.4 is 10.6 Å². The lowest BCUT2D eigenvalue weighted by Crippen LogP contribution is -2.52. The highest BCUT2D eigenvalue weighted by molar-refractivity contribution is 5.80. The quantitative estimate of drug-likeness (QED) is 0.748. The van der Waals surface area contributed by atoms with Gasteiger partial charge in [-0.05, 0) is 38.8 Å². The number of pyridine rings is 1. The molecule has 2 unspecified atom stereocenters. The minimum absolute atomic E-state index is 0.0817. The maximum Gasteiger partial charge on any atom is 0.238 e. The lowest BCUT2D eigenvalue weighted by molar-refractivity contribution is -0.131. The van der Waals surface area contributed by atoms with Crippen LogP contribution in [0, 0.1) is 35.0 Å². The van der Waals surface area contributed by atoms with Gasteiger partial charge in [0.1, 0.15) is 17.9 Å². The molecule has 2 rings (SSSR count). The van der Waals surface area contributed by atoms with E-state index in [1.165, 1.54) is 4.90 Å². The van der Waals surface area contributed by atoms with Crippen molar-refractivity contribution in [2.24, 2.45) is 0 Å². The Balaban J connectivity index is 1.93. The van der Waals surface area contributed by atoms with Crippen LogP contribution in [0.25, 0.3) is 0 Å². The number of nitrogens with zero attached hydrogens (tertiary/aromatic N) is 4. The number of anilines is 1. The molecule has 0 aliphatic carbocycles. The summed E-state index contributed by atoms with van der Waals surface area (Å²) in [5, 5.41) is 24.6. The number of aromatic nitrogens is 1. The molecule has 1 aliphatic rings. The molecule has 1 aliphatic heterocycles. The highest BCUT2D eigenvalue weighted by Gasteiger charge is 2.36. The third kappa shape index (κ3) is 4.51. The van der Waals surface area contributed by atoms with E-state index in [4.69, 9.17) is 11.7 Å². The van der Waals surface area contributed by atoms with Crippen molar-refractivity contribution in [1.82, 2.24) is 15.2 Å². The zero-order valence-electron chi connectivity index (χ0n) is 15.0. The molecule has 2 heterocycles. The highest BCUT2D eigenvalue weighted by Crippen LogP contribution is 2.23. The summed E-state index contributed by atoms with van der Waals surface area (Å²) in [6, 6.07) is 6.85. The molecular weight excluding hydrogens is 328 g/mol. The van der Waals surface area contributed by atoms with Crippen LogP contribution in [-0.2, 0) is 4.79 Å². The number of nitriles is 2. The molecule has 26 heavy (non-hydrogen) atoms. The maximum atomic E-state index is 12.5. The minimum atomic E-state index is -0.460. The van der Waals surface area contributed by atoms with E-state index in [2.05, 4.69) is 33.7 Å². The second-order valence-corrected chi connectivity index (χ2v) is 6.81. The Labute approximate surface area is 154 Å². The summed E-state index contributed by atoms with van der Waals surface area (Å²) in [5.41, 5.74) is 0.0260. The zero-order chi connectivity index (χ0) is 19.2. The Morgan fingerprint density at radius 3 is 2.81 bits per heavy atom. The Morgan fingerprint density at radius 1 is 1.42 bits per heavy atom. The highest BCUT2D eigenvalue weighted by atomic mass is 16.2. The van der Waals surface area contributed by atoms with Gasteiger partial charge >= 0.3 is 0 Å². The summed E-state index contributed by atoms with van der Waals surface area (Å²) in [6.07, 6.45) is 8.36. The maximum absolute atomic E-state index is 12.5. The standard InChI is InChI=1S/C19H22N6O/c1-4-15-7-8-16(11-21)25(15)17(26)12-24-19(2,3)13-23-18-14(10-20)6-5-9-22-18/h1,5-6,9,15-16,24H,7-8,12-13H2,2-3H3,(H,22,23). The number of likely N-dealkylation sites (tertiary alicyclic amines) is 1. The summed E-state index contributed by atoms with van der Waals surface area (Å²) in [6.45, 7) is 4.42. The average Bonchev–Trinajstić information content (AvgIpc) is 3.08. The van der Waals surface area contributed by atoms with Gasteiger partial charge in [0.2, 0.25) is 5.91 Å². The number of terminal acetylenes is 1. The van der Waals surface area contributed by atoms with Crippen molar-refractivity contribution in [3.8, 4) is 24.5 Å². The minimum Gasteiger partial charge on any atom is -0.367 e. The molecule has 1 aromatic rings. The van der Waals surface area contributed by atoms with E-state index in [0.717, 1.165) is 0 Å². The molecule has 134 valence electrons. The smallest absolute Gasteiger partial charge is 0.238 e. The molecule has 7 heteroatoms. The van der Waals surface area contributed by atoms with Crippen LogP contribution in [0.5, 0.6) is 0 Å². The monoisotopic (exact) mass is 350 g/mol. The third-order valence-electron chi connectivity index (χ3n) is 4.36. The van der Waals surface area contributed by atoms with Crippen molar-refractivity contribution in [3.63, 3.8) is 0 Å². The lowest BCUT2D eigenvalue weighted by atomic mass is 10.1. The van der Waals surface area contributed by atoms with E-state index < -0.39 is 11.6 Å². The van der Waals surface area contributed by atoms with Gasteiger partial charge in [0.05, 0.1) is 24.2 Å². The van der Waals surface area contributed by atoms with Crippen molar-refractivity contribution in [2.45, 2.75) is 44.3 Å². The average molecular weight is 350 g/mol. The molecule has 0 spiro atoms. The van der Waals surface area contributed by atoms with E-state index in [0.29, 0.717) is 30.8 Å². The van der Waals surface area contributed by atoms with Gasteiger partial charge in [-0.15, -0.1) is 6.42 Å². The lowest BCUT2D eigenvalue weighted by Gasteiger charge is -2.30. The van der Waals surface area contributed by atoms with E-state index in [1.54, 1.807) is 18.3 Å². The van der Waals surface area contributed by atoms with Crippen molar-refractivity contribution in [2.75, 3.05) is 18.4 Å². The summed E-state index contributed by atoms with van der Waals surface area (Å²) in [4.78, 5) is 18.2. The van der Waals surface area contributed by atoms with Crippen LogP contribution in [0.2, 0.25) is 0 Å². The topological polar surface area (TPSA) is 105 Å². The van der Waals surface area contributed by atoms with E-state index in [1.807, 2.05) is 13.8 Å². The molecule has 2 N–H and O–H groups in total. The van der Waals surface area contributed by atoms with Crippen molar-refractivity contribution < 1.29 is 4.79 Å². The summed E-state index contributed by atoms with van der Waals surface area (Å²) in [7, 11) is 0. The summed E-state index contributed by atoms with van der Waals surface area (Å²) >= 11 is 0. The van der Waals surface area contributed by atoms with Gasteiger partial charge in [0.25, 0.3) is 0 Å². The van der Waals surface area contributed by atoms with Crippen molar-refractivity contribution >= 4 is 11.7 Å². The summed E-state index contributed by atoms with van der Waals surface area (Å²) < 4.78 is 0. The molecule has 0 aromatic carbocycles. The molecule has 2 atom stereocenters. The van der Waals surface area contributed by atoms with Crippen LogP contribution >= 0.6 is 0 Å². The van der Waals surface area contributed by atoms with Crippen LogP contribution in [0.3, 0.4) is 0 Å². The largest absolute Gasteiger partial charge is 0.367 e. The number of hydrogen-bond donors (Lipinski definition) is 2. The second kappa shape index (κ2) is 8.34. The fraction of sp³-hybridized carbons (Fsp3) is 0.474. The fourth-order valence-electron chi connectivity index (χ4n) is 2.86. The van der Waals surface area contributed by atoms with Crippen LogP contribution in [0.15, 0.2) is 18.3 Å². The molecule has 1 saturated heterocycles. The molecule has 7 nitrogen and oxygen atoms in total. The van der Waals surface area contributed by atoms with Crippen molar-refractivity contribution in [3.05, 3.63) is 23.9 Å². The Morgan fingerprint density at radius 2 is 2.15 bits per heavy atom. The van der Waals surface area contributed by atoms with Gasteiger partial charge in [0.15, 0.2) is 0 Å². The molecule has 0 radical (unpaired) electrons. The Kier molecular flexibility index (Phi) is 6.17. The number of carbonyl (C=O) groups is 1. The van der Waals surface area contributed by atoms with Crippen LogP contribution in [0.1, 0.15) is 32.3 Å². The summed E-state index contributed by atoms with van der Waals surface area (Å²) in [5.74, 6) is 2.92. The first kappa shape index (κ1) is 19.2. The van der Waals surface area contributed by atoms with Gasteiger partial charge < -0.3 is 15.5 Å². The van der Waals surface area contributed by atoms with E-state index >= 15 is 0 Å². The third-order valence-corrected chi connectivity index (χ3v) is 4.36. The van der Waals surface area contributed by atoms with Gasteiger partial charge in [-0.3, -0.25) is 4.79 Å². The van der Waals surface area contributed by atoms with Crippen molar-refractivity contribution in [1.29, 1.82) is 10.5 Å².